The number of ether oxygens (including phenoxy) is 1. The highest BCUT2D eigenvalue weighted by atomic mass is 16.5. The molecule has 2 rings (SSSR count). The molecule has 0 saturated heterocycles. The van der Waals surface area contributed by atoms with Gasteiger partial charge in [0, 0.05) is 31.2 Å². The Bertz CT molecular complexity index is 716. The number of anilines is 1. The minimum atomic E-state index is -0.564. The van der Waals surface area contributed by atoms with Gasteiger partial charge in [0.15, 0.2) is 0 Å². The summed E-state index contributed by atoms with van der Waals surface area (Å²) >= 11 is 0. The maximum atomic E-state index is 11.8. The Morgan fingerprint density at radius 1 is 1.16 bits per heavy atom. The van der Waals surface area contributed by atoms with E-state index < -0.39 is 11.1 Å². The van der Waals surface area contributed by atoms with Crippen LogP contribution in [0.15, 0.2) is 40.2 Å². The summed E-state index contributed by atoms with van der Waals surface area (Å²) in [7, 11) is 3.08. The molecule has 2 N–H and O–H groups in total. The SMILES string of the molecule is COc1cc(N)cc(Cn2ccn(C)c(=O)c2=O)c1. The topological polar surface area (TPSA) is 79.2 Å². The third-order valence-corrected chi connectivity index (χ3v) is 2.81. The third-order valence-electron chi connectivity index (χ3n) is 2.81. The maximum Gasteiger partial charge on any atom is 0.316 e. The van der Waals surface area contributed by atoms with E-state index in [-0.39, 0.29) is 6.54 Å². The highest BCUT2D eigenvalue weighted by molar-refractivity contribution is 5.47. The van der Waals surface area contributed by atoms with Crippen LogP contribution >= 0.6 is 0 Å². The first kappa shape index (κ1) is 12.9. The van der Waals surface area contributed by atoms with Gasteiger partial charge in [-0.3, -0.25) is 9.59 Å². The van der Waals surface area contributed by atoms with Crippen molar-refractivity contribution in [2.45, 2.75) is 6.54 Å². The standard InChI is InChI=1S/C13H15N3O3/c1-15-3-4-16(13(18)12(15)17)8-9-5-10(14)7-11(6-9)19-2/h3-7H,8,14H2,1-2H3. The van der Waals surface area contributed by atoms with Crippen LogP contribution < -0.4 is 21.6 Å². The first-order valence-corrected chi connectivity index (χ1v) is 5.71. The number of hydrogen-bond acceptors (Lipinski definition) is 4. The van der Waals surface area contributed by atoms with Gasteiger partial charge in [-0.1, -0.05) is 0 Å². The molecule has 0 saturated carbocycles. The van der Waals surface area contributed by atoms with Crippen LogP contribution in [-0.2, 0) is 13.6 Å². The molecule has 100 valence electrons. The van der Waals surface area contributed by atoms with E-state index >= 15 is 0 Å². The van der Waals surface area contributed by atoms with E-state index in [4.69, 9.17) is 10.5 Å². The lowest BCUT2D eigenvalue weighted by Gasteiger charge is -2.09. The zero-order chi connectivity index (χ0) is 14.0. The second-order valence-electron chi connectivity index (χ2n) is 4.26. The summed E-state index contributed by atoms with van der Waals surface area (Å²) in [5, 5.41) is 0. The number of nitrogens with zero attached hydrogens (tertiary/aromatic N) is 2. The molecular formula is C13H15N3O3. The Morgan fingerprint density at radius 3 is 2.58 bits per heavy atom. The van der Waals surface area contributed by atoms with E-state index in [1.54, 1.807) is 37.7 Å². The van der Waals surface area contributed by atoms with E-state index in [2.05, 4.69) is 0 Å². The molecule has 0 aliphatic carbocycles. The summed E-state index contributed by atoms with van der Waals surface area (Å²) in [4.78, 5) is 23.4. The Hall–Kier alpha value is -2.50. The lowest BCUT2D eigenvalue weighted by Crippen LogP contribution is -2.39. The lowest BCUT2D eigenvalue weighted by atomic mass is 10.2. The van der Waals surface area contributed by atoms with Crippen LogP contribution in [-0.4, -0.2) is 16.2 Å². The molecule has 19 heavy (non-hydrogen) atoms. The van der Waals surface area contributed by atoms with Crippen LogP contribution in [0.3, 0.4) is 0 Å². The number of hydrogen-bond donors (Lipinski definition) is 1. The van der Waals surface area contributed by atoms with Gasteiger partial charge < -0.3 is 19.6 Å². The predicted molar refractivity (Wildman–Crippen MR) is 72.5 cm³/mol. The van der Waals surface area contributed by atoms with Crippen molar-refractivity contribution in [3.8, 4) is 5.75 Å². The van der Waals surface area contributed by atoms with E-state index in [9.17, 15) is 9.59 Å². The van der Waals surface area contributed by atoms with Crippen molar-refractivity contribution in [2.24, 2.45) is 7.05 Å². The summed E-state index contributed by atoms with van der Waals surface area (Å²) in [6, 6.07) is 5.21. The molecule has 0 bridgehead atoms. The molecule has 0 amide bonds. The van der Waals surface area contributed by atoms with Crippen LogP contribution in [0.25, 0.3) is 0 Å². The van der Waals surface area contributed by atoms with Crippen LogP contribution in [0, 0.1) is 0 Å². The van der Waals surface area contributed by atoms with Crippen molar-refractivity contribution in [3.05, 3.63) is 56.9 Å². The monoisotopic (exact) mass is 261 g/mol. The minimum Gasteiger partial charge on any atom is -0.497 e. The van der Waals surface area contributed by atoms with Gasteiger partial charge in [-0.05, 0) is 17.7 Å². The average molecular weight is 261 g/mol. The van der Waals surface area contributed by atoms with E-state index in [0.717, 1.165) is 5.56 Å². The molecule has 2 aromatic rings. The van der Waals surface area contributed by atoms with E-state index in [0.29, 0.717) is 11.4 Å². The molecule has 0 radical (unpaired) electrons. The number of benzene rings is 1. The van der Waals surface area contributed by atoms with Gasteiger partial charge in [-0.2, -0.15) is 0 Å². The second-order valence-corrected chi connectivity index (χ2v) is 4.26. The fraction of sp³-hybridized carbons (Fsp3) is 0.231. The normalized spacial score (nSPS) is 10.4. The zero-order valence-electron chi connectivity index (χ0n) is 10.8. The van der Waals surface area contributed by atoms with Gasteiger partial charge in [0.25, 0.3) is 0 Å². The third kappa shape index (κ3) is 2.67. The Morgan fingerprint density at radius 2 is 1.89 bits per heavy atom. The maximum absolute atomic E-state index is 11.8. The summed E-state index contributed by atoms with van der Waals surface area (Å²) in [6.07, 6.45) is 3.12. The number of aromatic nitrogens is 2. The summed E-state index contributed by atoms with van der Waals surface area (Å²) in [5.41, 5.74) is 5.97. The molecule has 0 aliphatic rings. The molecule has 0 aliphatic heterocycles. The van der Waals surface area contributed by atoms with Crippen molar-refractivity contribution in [3.63, 3.8) is 0 Å². The quantitative estimate of drug-likeness (QED) is 0.631. The van der Waals surface area contributed by atoms with Crippen molar-refractivity contribution in [1.82, 2.24) is 9.13 Å². The fourth-order valence-electron chi connectivity index (χ4n) is 1.81. The Labute approximate surface area is 109 Å². The average Bonchev–Trinajstić information content (AvgIpc) is 2.39. The number of nitrogens with two attached hydrogens (primary N) is 1. The summed E-state index contributed by atoms with van der Waals surface area (Å²) in [5.74, 6) is 0.617. The molecule has 6 heteroatoms. The van der Waals surface area contributed by atoms with Gasteiger partial charge in [0.2, 0.25) is 0 Å². The lowest BCUT2D eigenvalue weighted by molar-refractivity contribution is 0.414. The second kappa shape index (κ2) is 5.01. The van der Waals surface area contributed by atoms with E-state index in [1.807, 2.05) is 0 Å². The molecule has 0 fully saturated rings. The van der Waals surface area contributed by atoms with Crippen LogP contribution in [0.4, 0.5) is 5.69 Å². The highest BCUT2D eigenvalue weighted by Gasteiger charge is 2.05. The molecule has 1 heterocycles. The fourth-order valence-corrected chi connectivity index (χ4v) is 1.81. The molecule has 0 atom stereocenters. The largest absolute Gasteiger partial charge is 0.497 e. The highest BCUT2D eigenvalue weighted by Crippen LogP contribution is 2.18. The molecule has 1 aromatic heterocycles. The predicted octanol–water partition coefficient (Wildman–Crippen LogP) is 0.186. The van der Waals surface area contributed by atoms with Gasteiger partial charge in [-0.15, -0.1) is 0 Å². The number of methoxy groups -OCH3 is 1. The molecule has 0 spiro atoms. The summed E-state index contributed by atoms with van der Waals surface area (Å²) in [6.45, 7) is 0.274. The Balaban J connectivity index is 2.42. The van der Waals surface area contributed by atoms with Gasteiger partial charge >= 0.3 is 11.1 Å². The van der Waals surface area contributed by atoms with Gasteiger partial charge in [0.05, 0.1) is 13.7 Å². The van der Waals surface area contributed by atoms with Crippen molar-refractivity contribution < 1.29 is 4.74 Å². The van der Waals surface area contributed by atoms with Crippen LogP contribution in [0.5, 0.6) is 5.75 Å². The minimum absolute atomic E-state index is 0.274. The van der Waals surface area contributed by atoms with Crippen LogP contribution in [0.1, 0.15) is 5.56 Å². The number of aryl methyl sites for hydroxylation is 1. The first-order chi connectivity index (χ1) is 9.01. The van der Waals surface area contributed by atoms with E-state index in [1.165, 1.54) is 16.2 Å². The van der Waals surface area contributed by atoms with Crippen molar-refractivity contribution in [1.29, 1.82) is 0 Å². The van der Waals surface area contributed by atoms with Crippen molar-refractivity contribution >= 4 is 5.69 Å². The Kier molecular flexibility index (Phi) is 3.41. The summed E-state index contributed by atoms with van der Waals surface area (Å²) < 4.78 is 7.71. The molecule has 0 unspecified atom stereocenters. The number of nitrogen functional groups attached to an aromatic ring is 1. The zero-order valence-corrected chi connectivity index (χ0v) is 10.8. The molecule has 1 aromatic carbocycles. The van der Waals surface area contributed by atoms with Crippen LogP contribution in [0.2, 0.25) is 0 Å². The van der Waals surface area contributed by atoms with Crippen molar-refractivity contribution in [2.75, 3.05) is 12.8 Å². The molecule has 6 nitrogen and oxygen atoms in total. The smallest absolute Gasteiger partial charge is 0.316 e. The first-order valence-electron chi connectivity index (χ1n) is 5.71. The van der Waals surface area contributed by atoms with Gasteiger partial charge in [0.1, 0.15) is 5.75 Å². The number of rotatable bonds is 3. The molecular weight excluding hydrogens is 246 g/mol. The van der Waals surface area contributed by atoms with Gasteiger partial charge in [-0.25, -0.2) is 0 Å².